The molecule has 7 heteroatoms. The maximum atomic E-state index is 12.7. The molecule has 0 atom stereocenters. The van der Waals surface area contributed by atoms with Crippen LogP contribution in [0.5, 0.6) is 11.5 Å². The molecule has 0 unspecified atom stereocenters. The fraction of sp³-hybridized carbons (Fsp3) is 0.320. The molecular formula is C25H28N4O3. The Bertz CT molecular complexity index is 1050. The highest BCUT2D eigenvalue weighted by Gasteiger charge is 2.26. The normalized spacial score (nSPS) is 14.1. The number of aromatic nitrogens is 2. The van der Waals surface area contributed by atoms with Gasteiger partial charge < -0.3 is 19.7 Å². The third-order valence-corrected chi connectivity index (χ3v) is 5.87. The number of nitrogens with one attached hydrogen (secondary N) is 1. The van der Waals surface area contributed by atoms with Gasteiger partial charge in [0.2, 0.25) is 5.91 Å². The highest BCUT2D eigenvalue weighted by molar-refractivity contribution is 5.79. The lowest BCUT2D eigenvalue weighted by Gasteiger charge is -2.31. The SMILES string of the molecule is COc1ccccc1CNC(=O)C1CCN(c2ccc(-c3ccccc3OC)nn2)CC1. The van der Waals surface area contributed by atoms with Gasteiger partial charge in [-0.05, 0) is 43.2 Å². The van der Waals surface area contributed by atoms with Crippen LogP contribution in [0, 0.1) is 5.92 Å². The van der Waals surface area contributed by atoms with Gasteiger partial charge in [-0.2, -0.15) is 0 Å². The van der Waals surface area contributed by atoms with E-state index in [9.17, 15) is 4.79 Å². The Balaban J connectivity index is 1.32. The Morgan fingerprint density at radius 1 is 0.938 bits per heavy atom. The molecule has 2 aromatic carbocycles. The van der Waals surface area contributed by atoms with E-state index in [1.807, 2.05) is 60.7 Å². The fourth-order valence-electron chi connectivity index (χ4n) is 4.04. The zero-order valence-electron chi connectivity index (χ0n) is 18.5. The van der Waals surface area contributed by atoms with Crippen molar-refractivity contribution in [1.29, 1.82) is 0 Å². The Morgan fingerprint density at radius 2 is 1.62 bits per heavy atom. The van der Waals surface area contributed by atoms with Gasteiger partial charge in [-0.25, -0.2) is 0 Å². The van der Waals surface area contributed by atoms with Crippen molar-refractivity contribution in [3.8, 4) is 22.8 Å². The fourth-order valence-corrected chi connectivity index (χ4v) is 4.04. The number of anilines is 1. The smallest absolute Gasteiger partial charge is 0.223 e. The summed E-state index contributed by atoms with van der Waals surface area (Å²) in [4.78, 5) is 14.8. The Morgan fingerprint density at radius 3 is 2.31 bits per heavy atom. The Labute approximate surface area is 188 Å². The summed E-state index contributed by atoms with van der Waals surface area (Å²) in [5.74, 6) is 2.48. The molecule has 0 spiro atoms. The first kappa shape index (κ1) is 21.6. The summed E-state index contributed by atoms with van der Waals surface area (Å²) in [6, 6.07) is 19.5. The van der Waals surface area contributed by atoms with Crippen LogP contribution in [0.15, 0.2) is 60.7 Å². The van der Waals surface area contributed by atoms with Crippen molar-refractivity contribution in [3.63, 3.8) is 0 Å². The number of methoxy groups -OCH3 is 2. The Hall–Kier alpha value is -3.61. The van der Waals surface area contributed by atoms with Gasteiger partial charge >= 0.3 is 0 Å². The van der Waals surface area contributed by atoms with E-state index in [4.69, 9.17) is 9.47 Å². The molecule has 1 amide bonds. The highest BCUT2D eigenvalue weighted by Crippen LogP contribution is 2.29. The lowest BCUT2D eigenvalue weighted by atomic mass is 9.95. The minimum Gasteiger partial charge on any atom is -0.496 e. The summed E-state index contributed by atoms with van der Waals surface area (Å²) in [5.41, 5.74) is 2.67. The molecule has 0 saturated carbocycles. The van der Waals surface area contributed by atoms with Gasteiger partial charge in [-0.3, -0.25) is 4.79 Å². The second-order valence-electron chi connectivity index (χ2n) is 7.77. The summed E-state index contributed by atoms with van der Waals surface area (Å²) in [5, 5.41) is 11.9. The molecule has 1 aliphatic rings. The molecule has 7 nitrogen and oxygen atoms in total. The number of hydrogen-bond acceptors (Lipinski definition) is 6. The molecular weight excluding hydrogens is 404 g/mol. The molecule has 3 aromatic rings. The van der Waals surface area contributed by atoms with Crippen molar-refractivity contribution in [3.05, 3.63) is 66.2 Å². The summed E-state index contributed by atoms with van der Waals surface area (Å²) in [6.07, 6.45) is 1.57. The third kappa shape index (κ3) is 4.82. The number of para-hydroxylation sites is 2. The van der Waals surface area contributed by atoms with Crippen LogP contribution in [0.4, 0.5) is 5.82 Å². The number of carbonyl (C=O) groups excluding carboxylic acids is 1. The molecule has 4 rings (SSSR count). The molecule has 1 aliphatic heterocycles. The Kier molecular flexibility index (Phi) is 6.84. The number of hydrogen-bond donors (Lipinski definition) is 1. The van der Waals surface area contributed by atoms with E-state index in [0.29, 0.717) is 6.54 Å². The van der Waals surface area contributed by atoms with Crippen molar-refractivity contribution in [1.82, 2.24) is 15.5 Å². The standard InChI is InChI=1S/C25H28N4O3/c1-31-22-9-5-3-7-19(22)17-26-25(30)18-13-15-29(16-14-18)24-12-11-21(27-28-24)20-8-4-6-10-23(20)32-2/h3-12,18H,13-17H2,1-2H3,(H,26,30). The molecule has 1 saturated heterocycles. The second kappa shape index (κ2) is 10.1. The largest absolute Gasteiger partial charge is 0.496 e. The van der Waals surface area contributed by atoms with Crippen LogP contribution in [0.25, 0.3) is 11.3 Å². The number of nitrogens with zero attached hydrogens (tertiary/aromatic N) is 3. The van der Waals surface area contributed by atoms with Crippen molar-refractivity contribution in [2.75, 3.05) is 32.2 Å². The van der Waals surface area contributed by atoms with Crippen molar-refractivity contribution in [2.45, 2.75) is 19.4 Å². The van der Waals surface area contributed by atoms with Gasteiger partial charge in [-0.1, -0.05) is 30.3 Å². The predicted molar refractivity (Wildman–Crippen MR) is 124 cm³/mol. The summed E-state index contributed by atoms with van der Waals surface area (Å²) < 4.78 is 10.8. The maximum absolute atomic E-state index is 12.7. The summed E-state index contributed by atoms with van der Waals surface area (Å²) in [7, 11) is 3.29. The first-order chi connectivity index (χ1) is 15.7. The van der Waals surface area contributed by atoms with Gasteiger partial charge in [0.1, 0.15) is 11.5 Å². The van der Waals surface area contributed by atoms with Crippen molar-refractivity contribution >= 4 is 11.7 Å². The average Bonchev–Trinajstić information content (AvgIpc) is 2.87. The number of carbonyl (C=O) groups is 1. The number of benzene rings is 2. The number of rotatable bonds is 7. The van der Waals surface area contributed by atoms with Gasteiger partial charge in [0, 0.05) is 36.7 Å². The molecule has 0 bridgehead atoms. The third-order valence-electron chi connectivity index (χ3n) is 5.87. The monoisotopic (exact) mass is 432 g/mol. The summed E-state index contributed by atoms with van der Waals surface area (Å²) >= 11 is 0. The second-order valence-corrected chi connectivity index (χ2v) is 7.77. The van der Waals surface area contributed by atoms with E-state index < -0.39 is 0 Å². The van der Waals surface area contributed by atoms with E-state index in [-0.39, 0.29) is 11.8 Å². The molecule has 1 fully saturated rings. The molecule has 2 heterocycles. The molecule has 1 N–H and O–H groups in total. The van der Waals surface area contributed by atoms with Gasteiger partial charge in [0.15, 0.2) is 5.82 Å². The molecule has 1 aromatic heterocycles. The van der Waals surface area contributed by atoms with Gasteiger partial charge in [0.25, 0.3) is 0 Å². The van der Waals surface area contributed by atoms with Gasteiger partial charge in [0.05, 0.1) is 19.9 Å². The molecule has 0 radical (unpaired) electrons. The minimum atomic E-state index is 0.00164. The zero-order chi connectivity index (χ0) is 22.3. The van der Waals surface area contributed by atoms with E-state index in [2.05, 4.69) is 20.4 Å². The first-order valence-electron chi connectivity index (χ1n) is 10.8. The van der Waals surface area contributed by atoms with E-state index in [1.165, 1.54) is 0 Å². The van der Waals surface area contributed by atoms with Crippen LogP contribution in [0.1, 0.15) is 18.4 Å². The van der Waals surface area contributed by atoms with Crippen LogP contribution in [-0.2, 0) is 11.3 Å². The highest BCUT2D eigenvalue weighted by atomic mass is 16.5. The van der Waals surface area contributed by atoms with E-state index in [0.717, 1.165) is 60.1 Å². The first-order valence-corrected chi connectivity index (χ1v) is 10.8. The lowest BCUT2D eigenvalue weighted by molar-refractivity contribution is -0.125. The van der Waals surface area contributed by atoms with Crippen LogP contribution in [0.3, 0.4) is 0 Å². The van der Waals surface area contributed by atoms with Crippen LogP contribution < -0.4 is 19.7 Å². The van der Waals surface area contributed by atoms with Crippen molar-refractivity contribution in [2.24, 2.45) is 5.92 Å². The van der Waals surface area contributed by atoms with Crippen LogP contribution in [-0.4, -0.2) is 43.4 Å². The lowest BCUT2D eigenvalue weighted by Crippen LogP contribution is -2.40. The van der Waals surface area contributed by atoms with E-state index >= 15 is 0 Å². The number of amides is 1. The zero-order valence-corrected chi connectivity index (χ0v) is 18.5. The number of piperidine rings is 1. The number of ether oxygens (including phenoxy) is 2. The van der Waals surface area contributed by atoms with Crippen LogP contribution >= 0.6 is 0 Å². The summed E-state index contributed by atoms with van der Waals surface area (Å²) in [6.45, 7) is 2.02. The maximum Gasteiger partial charge on any atom is 0.223 e. The van der Waals surface area contributed by atoms with E-state index in [1.54, 1.807) is 14.2 Å². The molecule has 166 valence electrons. The van der Waals surface area contributed by atoms with Gasteiger partial charge in [-0.15, -0.1) is 10.2 Å². The van der Waals surface area contributed by atoms with Crippen molar-refractivity contribution < 1.29 is 14.3 Å². The van der Waals surface area contributed by atoms with Crippen LogP contribution in [0.2, 0.25) is 0 Å². The topological polar surface area (TPSA) is 76.6 Å². The minimum absolute atomic E-state index is 0.00164. The molecule has 0 aliphatic carbocycles. The molecule has 32 heavy (non-hydrogen) atoms. The predicted octanol–water partition coefficient (Wildman–Crippen LogP) is 3.69. The quantitative estimate of drug-likeness (QED) is 0.614. The average molecular weight is 433 g/mol.